The minimum absolute atomic E-state index is 0.0311. The molecule has 0 saturated carbocycles. The summed E-state index contributed by atoms with van der Waals surface area (Å²) in [4.78, 5) is 11.8. The average molecular weight is 264 g/mol. The Balaban J connectivity index is 2.23. The predicted octanol–water partition coefficient (Wildman–Crippen LogP) is 1.74. The molecule has 0 radical (unpaired) electrons. The second-order valence-corrected chi connectivity index (χ2v) is 4.98. The number of rotatable bonds is 6. The molecule has 19 heavy (non-hydrogen) atoms. The van der Waals surface area contributed by atoms with Crippen molar-refractivity contribution in [3.05, 3.63) is 35.4 Å². The van der Waals surface area contributed by atoms with Gasteiger partial charge in [-0.05, 0) is 36.8 Å². The largest absolute Gasteiger partial charge is 0.481 e. The summed E-state index contributed by atoms with van der Waals surface area (Å²) < 4.78 is 5.26. The maximum atomic E-state index is 11.8. The van der Waals surface area contributed by atoms with E-state index in [9.17, 15) is 9.90 Å². The van der Waals surface area contributed by atoms with Crippen LogP contribution in [0.5, 0.6) is 0 Å². The van der Waals surface area contributed by atoms with Crippen LogP contribution in [-0.2, 0) is 21.4 Å². The van der Waals surface area contributed by atoms with Crippen molar-refractivity contribution in [3.63, 3.8) is 0 Å². The number of benzene rings is 1. The minimum atomic E-state index is -0.829. The van der Waals surface area contributed by atoms with Gasteiger partial charge in [-0.1, -0.05) is 24.3 Å². The lowest BCUT2D eigenvalue weighted by molar-refractivity contribution is -0.145. The van der Waals surface area contributed by atoms with Gasteiger partial charge < -0.3 is 14.9 Å². The molecule has 1 aliphatic rings. The Morgan fingerprint density at radius 1 is 1.32 bits per heavy atom. The highest BCUT2D eigenvalue weighted by atomic mass is 16.5. The lowest BCUT2D eigenvalue weighted by Crippen LogP contribution is -2.40. The monoisotopic (exact) mass is 264 g/mol. The lowest BCUT2D eigenvalue weighted by atomic mass is 9.68. The number of carboxylic acids is 1. The van der Waals surface area contributed by atoms with Crippen LogP contribution >= 0.6 is 0 Å². The van der Waals surface area contributed by atoms with E-state index in [-0.39, 0.29) is 13.2 Å². The van der Waals surface area contributed by atoms with E-state index >= 15 is 0 Å². The van der Waals surface area contributed by atoms with Gasteiger partial charge in [-0.25, -0.2) is 0 Å². The molecule has 4 heteroatoms. The Labute approximate surface area is 113 Å². The molecule has 0 heterocycles. The summed E-state index contributed by atoms with van der Waals surface area (Å²) in [6.07, 6.45) is 2.95. The van der Waals surface area contributed by atoms with Gasteiger partial charge in [0.05, 0.1) is 18.6 Å². The van der Waals surface area contributed by atoms with Gasteiger partial charge >= 0.3 is 5.97 Å². The molecule has 0 amide bonds. The third-order valence-electron chi connectivity index (χ3n) is 3.90. The van der Waals surface area contributed by atoms with Crippen molar-refractivity contribution >= 4 is 5.97 Å². The molecule has 4 nitrogen and oxygen atoms in total. The Hall–Kier alpha value is -1.39. The van der Waals surface area contributed by atoms with Crippen molar-refractivity contribution in [2.24, 2.45) is 0 Å². The van der Waals surface area contributed by atoms with E-state index in [0.29, 0.717) is 19.4 Å². The van der Waals surface area contributed by atoms with Gasteiger partial charge in [0.1, 0.15) is 0 Å². The van der Waals surface area contributed by atoms with Gasteiger partial charge in [0.2, 0.25) is 0 Å². The Morgan fingerprint density at radius 3 is 2.84 bits per heavy atom. The molecule has 0 bridgehead atoms. The zero-order valence-electron chi connectivity index (χ0n) is 11.0. The van der Waals surface area contributed by atoms with E-state index < -0.39 is 11.4 Å². The molecule has 2 N–H and O–H groups in total. The van der Waals surface area contributed by atoms with Crippen LogP contribution in [0.4, 0.5) is 0 Å². The molecular formula is C15H20O4. The second-order valence-electron chi connectivity index (χ2n) is 4.98. The first-order valence-corrected chi connectivity index (χ1v) is 6.71. The maximum absolute atomic E-state index is 11.8. The van der Waals surface area contributed by atoms with Crippen LogP contribution in [0.1, 0.15) is 30.4 Å². The lowest BCUT2D eigenvalue weighted by Gasteiger charge is -2.35. The quantitative estimate of drug-likeness (QED) is 0.768. The van der Waals surface area contributed by atoms with Crippen LogP contribution in [0.3, 0.4) is 0 Å². The van der Waals surface area contributed by atoms with Gasteiger partial charge in [-0.15, -0.1) is 0 Å². The molecule has 104 valence electrons. The first-order chi connectivity index (χ1) is 9.20. The van der Waals surface area contributed by atoms with Crippen molar-refractivity contribution < 1.29 is 19.7 Å². The zero-order chi connectivity index (χ0) is 13.7. The first kappa shape index (κ1) is 14.0. The molecular weight excluding hydrogens is 244 g/mol. The maximum Gasteiger partial charge on any atom is 0.314 e. The fourth-order valence-electron chi connectivity index (χ4n) is 2.92. The highest BCUT2D eigenvalue weighted by Crippen LogP contribution is 2.40. The highest BCUT2D eigenvalue weighted by Gasteiger charge is 2.42. The average Bonchev–Trinajstić information content (AvgIpc) is 2.43. The van der Waals surface area contributed by atoms with E-state index in [1.54, 1.807) is 0 Å². The molecule has 1 atom stereocenters. The summed E-state index contributed by atoms with van der Waals surface area (Å²) in [6, 6.07) is 7.80. The van der Waals surface area contributed by atoms with E-state index in [0.717, 1.165) is 24.0 Å². The van der Waals surface area contributed by atoms with E-state index in [1.807, 2.05) is 24.3 Å². The van der Waals surface area contributed by atoms with Crippen LogP contribution in [0.15, 0.2) is 24.3 Å². The number of hydrogen-bond donors (Lipinski definition) is 2. The van der Waals surface area contributed by atoms with Crippen LogP contribution in [0.2, 0.25) is 0 Å². The molecule has 1 aromatic rings. The molecule has 1 aromatic carbocycles. The van der Waals surface area contributed by atoms with Crippen molar-refractivity contribution in [1.82, 2.24) is 0 Å². The summed E-state index contributed by atoms with van der Waals surface area (Å²) in [5, 5.41) is 18.4. The molecule has 1 unspecified atom stereocenters. The summed E-state index contributed by atoms with van der Waals surface area (Å²) in [7, 11) is 0. The molecule has 2 rings (SSSR count). The van der Waals surface area contributed by atoms with E-state index in [2.05, 4.69) is 0 Å². The number of aliphatic carboxylic acids is 1. The Morgan fingerprint density at radius 2 is 2.11 bits per heavy atom. The second kappa shape index (κ2) is 6.17. The molecule has 0 spiro atoms. The van der Waals surface area contributed by atoms with Gasteiger partial charge in [0.25, 0.3) is 0 Å². The van der Waals surface area contributed by atoms with Crippen LogP contribution in [0.25, 0.3) is 0 Å². The third-order valence-corrected chi connectivity index (χ3v) is 3.90. The number of hydrogen-bond acceptors (Lipinski definition) is 3. The van der Waals surface area contributed by atoms with E-state index in [1.165, 1.54) is 0 Å². The summed E-state index contributed by atoms with van der Waals surface area (Å²) in [5.41, 5.74) is 1.24. The third kappa shape index (κ3) is 2.80. The number of carboxylic acid groups (broad SMARTS) is 1. The topological polar surface area (TPSA) is 66.8 Å². The summed E-state index contributed by atoms with van der Waals surface area (Å²) in [5.74, 6) is -0.771. The predicted molar refractivity (Wildman–Crippen MR) is 71.2 cm³/mol. The number of carbonyl (C=O) groups is 1. The van der Waals surface area contributed by atoms with Crippen molar-refractivity contribution in [3.8, 4) is 0 Å². The first-order valence-electron chi connectivity index (χ1n) is 6.71. The van der Waals surface area contributed by atoms with Crippen molar-refractivity contribution in [2.45, 2.75) is 31.1 Å². The number of aryl methyl sites for hydroxylation is 1. The smallest absolute Gasteiger partial charge is 0.314 e. The minimum Gasteiger partial charge on any atom is -0.481 e. The summed E-state index contributed by atoms with van der Waals surface area (Å²) in [6.45, 7) is 0.592. The molecule has 0 fully saturated rings. The van der Waals surface area contributed by atoms with Crippen molar-refractivity contribution in [1.29, 1.82) is 0 Å². The van der Waals surface area contributed by atoms with Crippen LogP contribution in [-0.4, -0.2) is 36.0 Å². The fraction of sp³-hybridized carbons (Fsp3) is 0.533. The van der Waals surface area contributed by atoms with Gasteiger partial charge in [-0.2, -0.15) is 0 Å². The standard InChI is InChI=1S/C15H20O4/c16-9-11-19-10-8-15(14(17)18)7-3-5-12-4-1-2-6-13(12)15/h1-2,4,6,16H,3,5,7-11H2,(H,17,18). The molecule has 0 aliphatic heterocycles. The number of aliphatic hydroxyl groups excluding tert-OH is 1. The number of aliphatic hydroxyl groups is 1. The SMILES string of the molecule is O=C(O)C1(CCOCCO)CCCc2ccccc21. The van der Waals surface area contributed by atoms with E-state index in [4.69, 9.17) is 9.84 Å². The van der Waals surface area contributed by atoms with Gasteiger partial charge in [0.15, 0.2) is 0 Å². The fourth-order valence-corrected chi connectivity index (χ4v) is 2.92. The number of ether oxygens (including phenoxy) is 1. The van der Waals surface area contributed by atoms with Gasteiger partial charge in [-0.3, -0.25) is 4.79 Å². The highest BCUT2D eigenvalue weighted by molar-refractivity contribution is 5.82. The Bertz CT molecular complexity index is 444. The Kier molecular flexibility index (Phi) is 4.56. The normalized spacial score (nSPS) is 21.9. The van der Waals surface area contributed by atoms with Crippen LogP contribution < -0.4 is 0 Å². The van der Waals surface area contributed by atoms with Crippen LogP contribution in [0, 0.1) is 0 Å². The summed E-state index contributed by atoms with van der Waals surface area (Å²) >= 11 is 0. The molecule has 0 aromatic heterocycles. The zero-order valence-corrected chi connectivity index (χ0v) is 11.0. The molecule has 0 saturated heterocycles. The van der Waals surface area contributed by atoms with Crippen molar-refractivity contribution in [2.75, 3.05) is 19.8 Å². The van der Waals surface area contributed by atoms with Gasteiger partial charge in [0, 0.05) is 6.61 Å². The number of fused-ring (bicyclic) bond motifs is 1. The molecule has 1 aliphatic carbocycles.